The molecule has 0 radical (unpaired) electrons. The molecule has 0 atom stereocenters. The predicted octanol–water partition coefficient (Wildman–Crippen LogP) is 3.39. The molecule has 2 aromatic carbocycles. The molecule has 4 aromatic rings. The van der Waals surface area contributed by atoms with Crippen LogP contribution in [0.25, 0.3) is 15.5 Å². The van der Waals surface area contributed by atoms with Crippen LogP contribution in [0.4, 0.5) is 0 Å². The van der Waals surface area contributed by atoms with Crippen LogP contribution >= 0.6 is 33.9 Å². The van der Waals surface area contributed by atoms with Crippen molar-refractivity contribution in [2.75, 3.05) is 0 Å². The molecule has 4 rings (SSSR count). The summed E-state index contributed by atoms with van der Waals surface area (Å²) in [5.74, 6) is -0.0669. The Balaban J connectivity index is 1.44. The highest BCUT2D eigenvalue weighted by Crippen LogP contribution is 2.24. The van der Waals surface area contributed by atoms with Gasteiger partial charge in [0, 0.05) is 15.7 Å². The van der Waals surface area contributed by atoms with Crippen LogP contribution in [-0.4, -0.2) is 25.7 Å². The normalized spacial score (nSPS) is 10.9. The minimum atomic E-state index is -0.0669. The third kappa shape index (κ3) is 3.40. The van der Waals surface area contributed by atoms with Crippen LogP contribution in [-0.2, 0) is 6.54 Å². The number of hydrogen-bond acceptors (Lipinski definition) is 5. The van der Waals surface area contributed by atoms with Gasteiger partial charge in [0.25, 0.3) is 5.91 Å². The smallest absolute Gasteiger partial charge is 0.252 e. The highest BCUT2D eigenvalue weighted by atomic mass is 127. The van der Waals surface area contributed by atoms with Gasteiger partial charge in [-0.25, -0.2) is 0 Å². The molecule has 0 aliphatic heterocycles. The number of carbonyl (C=O) groups excluding carboxylic acids is 1. The molecule has 8 heteroatoms. The summed E-state index contributed by atoms with van der Waals surface area (Å²) in [6.45, 7) is 0.481. The standard InChI is InChI=1S/C17H12IN5OS/c18-14-4-2-1-3-13(14)15(24)19-9-11-5-7-12(8-6-11)16-22-23-10-20-21-17(23)25-16/h1-8,10H,9H2,(H,19,24). The summed E-state index contributed by atoms with van der Waals surface area (Å²) in [4.78, 5) is 13.0. The van der Waals surface area contributed by atoms with Gasteiger partial charge in [-0.05, 0) is 40.3 Å². The lowest BCUT2D eigenvalue weighted by Crippen LogP contribution is -2.23. The van der Waals surface area contributed by atoms with Gasteiger partial charge in [-0.15, -0.1) is 10.2 Å². The molecule has 1 N–H and O–H groups in total. The Labute approximate surface area is 161 Å². The average Bonchev–Trinajstić information content (AvgIpc) is 3.22. The highest BCUT2D eigenvalue weighted by molar-refractivity contribution is 14.1. The van der Waals surface area contributed by atoms with E-state index in [-0.39, 0.29) is 5.91 Å². The molecule has 2 aromatic heterocycles. The molecule has 0 aliphatic rings. The second kappa shape index (κ2) is 6.89. The Hall–Kier alpha value is -2.33. The fourth-order valence-corrected chi connectivity index (χ4v) is 3.82. The lowest BCUT2D eigenvalue weighted by Gasteiger charge is -2.07. The van der Waals surface area contributed by atoms with Gasteiger partial charge >= 0.3 is 0 Å². The average molecular weight is 461 g/mol. The Kier molecular flexibility index (Phi) is 4.45. The maximum absolute atomic E-state index is 12.3. The zero-order valence-corrected chi connectivity index (χ0v) is 15.9. The van der Waals surface area contributed by atoms with Gasteiger partial charge in [-0.1, -0.05) is 47.7 Å². The summed E-state index contributed by atoms with van der Waals surface area (Å²) in [6.07, 6.45) is 1.59. The number of fused-ring (bicyclic) bond motifs is 1. The minimum Gasteiger partial charge on any atom is -0.348 e. The van der Waals surface area contributed by atoms with Gasteiger partial charge in [-0.3, -0.25) is 4.79 Å². The van der Waals surface area contributed by atoms with Crippen LogP contribution < -0.4 is 5.32 Å². The number of nitrogens with one attached hydrogen (secondary N) is 1. The van der Waals surface area contributed by atoms with Crippen LogP contribution in [0.5, 0.6) is 0 Å². The summed E-state index contributed by atoms with van der Waals surface area (Å²) in [5, 5.41) is 16.1. The first kappa shape index (κ1) is 16.2. The third-order valence-electron chi connectivity index (χ3n) is 3.66. The molecule has 0 fully saturated rings. The van der Waals surface area contributed by atoms with Crippen LogP contribution in [0.3, 0.4) is 0 Å². The van der Waals surface area contributed by atoms with Gasteiger partial charge in [0.15, 0.2) is 0 Å². The van der Waals surface area contributed by atoms with Crippen molar-refractivity contribution in [1.29, 1.82) is 0 Å². The molecule has 0 aliphatic carbocycles. The molecule has 1 amide bonds. The number of halogens is 1. The molecule has 0 saturated heterocycles. The zero-order valence-electron chi connectivity index (χ0n) is 12.9. The van der Waals surface area contributed by atoms with E-state index in [1.807, 2.05) is 48.5 Å². The molecule has 0 bridgehead atoms. The molecular weight excluding hydrogens is 449 g/mol. The van der Waals surface area contributed by atoms with E-state index in [0.29, 0.717) is 12.1 Å². The maximum Gasteiger partial charge on any atom is 0.252 e. The van der Waals surface area contributed by atoms with Crippen molar-refractivity contribution in [2.45, 2.75) is 6.54 Å². The van der Waals surface area contributed by atoms with Crippen LogP contribution in [0.1, 0.15) is 15.9 Å². The molecule has 124 valence electrons. The molecule has 0 unspecified atom stereocenters. The Morgan fingerprint density at radius 3 is 2.72 bits per heavy atom. The summed E-state index contributed by atoms with van der Waals surface area (Å²) in [6, 6.07) is 15.5. The molecule has 6 nitrogen and oxygen atoms in total. The Bertz CT molecular complexity index is 1010. The predicted molar refractivity (Wildman–Crippen MR) is 104 cm³/mol. The highest BCUT2D eigenvalue weighted by Gasteiger charge is 2.10. The van der Waals surface area contributed by atoms with Crippen molar-refractivity contribution in [1.82, 2.24) is 25.1 Å². The van der Waals surface area contributed by atoms with E-state index < -0.39 is 0 Å². The van der Waals surface area contributed by atoms with E-state index in [2.05, 4.69) is 43.2 Å². The molecule has 25 heavy (non-hydrogen) atoms. The van der Waals surface area contributed by atoms with Crippen molar-refractivity contribution in [3.63, 3.8) is 0 Å². The van der Waals surface area contributed by atoms with E-state index >= 15 is 0 Å². The zero-order chi connectivity index (χ0) is 17.2. The largest absolute Gasteiger partial charge is 0.348 e. The fraction of sp³-hybridized carbons (Fsp3) is 0.0588. The third-order valence-corrected chi connectivity index (χ3v) is 5.56. The number of aromatic nitrogens is 4. The number of carbonyl (C=O) groups is 1. The van der Waals surface area contributed by atoms with Crippen molar-refractivity contribution in [2.24, 2.45) is 0 Å². The molecule has 2 heterocycles. The van der Waals surface area contributed by atoms with Gasteiger partial charge in [0.1, 0.15) is 11.3 Å². The number of hydrogen-bond donors (Lipinski definition) is 1. The number of amides is 1. The second-order valence-electron chi connectivity index (χ2n) is 5.32. The molecule has 0 spiro atoms. The van der Waals surface area contributed by atoms with E-state index in [1.165, 1.54) is 11.3 Å². The quantitative estimate of drug-likeness (QED) is 0.473. The van der Waals surface area contributed by atoms with Crippen molar-refractivity contribution in [3.8, 4) is 10.6 Å². The van der Waals surface area contributed by atoms with Gasteiger partial charge in [0.2, 0.25) is 4.96 Å². The second-order valence-corrected chi connectivity index (χ2v) is 7.44. The summed E-state index contributed by atoms with van der Waals surface area (Å²) in [5.41, 5.74) is 2.74. The first-order valence-corrected chi connectivity index (χ1v) is 9.39. The summed E-state index contributed by atoms with van der Waals surface area (Å²) < 4.78 is 2.60. The van der Waals surface area contributed by atoms with Crippen molar-refractivity contribution >= 4 is 44.8 Å². The Morgan fingerprint density at radius 1 is 1.16 bits per heavy atom. The van der Waals surface area contributed by atoms with Gasteiger partial charge in [0.05, 0.1) is 5.56 Å². The molecule has 0 saturated carbocycles. The monoisotopic (exact) mass is 461 g/mol. The number of nitrogens with zero attached hydrogens (tertiary/aromatic N) is 4. The minimum absolute atomic E-state index is 0.0669. The van der Waals surface area contributed by atoms with Crippen LogP contribution in [0, 0.1) is 3.57 Å². The van der Waals surface area contributed by atoms with E-state index in [4.69, 9.17) is 0 Å². The van der Waals surface area contributed by atoms with Crippen molar-refractivity contribution in [3.05, 3.63) is 69.6 Å². The van der Waals surface area contributed by atoms with Gasteiger partial charge in [-0.2, -0.15) is 9.61 Å². The van der Waals surface area contributed by atoms with E-state index in [1.54, 1.807) is 10.8 Å². The first-order chi connectivity index (χ1) is 12.2. The SMILES string of the molecule is O=C(NCc1ccc(-c2nn3cnnc3s2)cc1)c1ccccc1I. The maximum atomic E-state index is 12.3. The van der Waals surface area contributed by atoms with E-state index in [0.717, 1.165) is 24.7 Å². The Morgan fingerprint density at radius 2 is 1.96 bits per heavy atom. The summed E-state index contributed by atoms with van der Waals surface area (Å²) in [7, 11) is 0. The number of benzene rings is 2. The number of rotatable bonds is 4. The fourth-order valence-electron chi connectivity index (χ4n) is 2.36. The lowest BCUT2D eigenvalue weighted by molar-refractivity contribution is 0.0950. The van der Waals surface area contributed by atoms with Crippen molar-refractivity contribution < 1.29 is 4.79 Å². The topological polar surface area (TPSA) is 72.2 Å². The molecular formula is C17H12IN5OS. The van der Waals surface area contributed by atoms with E-state index in [9.17, 15) is 4.79 Å². The van der Waals surface area contributed by atoms with Crippen LogP contribution in [0.15, 0.2) is 54.9 Å². The van der Waals surface area contributed by atoms with Gasteiger partial charge < -0.3 is 5.32 Å². The summed E-state index contributed by atoms with van der Waals surface area (Å²) >= 11 is 3.66. The lowest BCUT2D eigenvalue weighted by atomic mass is 10.1. The van der Waals surface area contributed by atoms with Crippen LogP contribution in [0.2, 0.25) is 0 Å². The first-order valence-electron chi connectivity index (χ1n) is 7.49.